The van der Waals surface area contributed by atoms with Crippen molar-refractivity contribution in [3.8, 4) is 11.8 Å². The van der Waals surface area contributed by atoms with Gasteiger partial charge in [-0.1, -0.05) is 0 Å². The Morgan fingerprint density at radius 3 is 2.72 bits per heavy atom. The zero-order valence-corrected chi connectivity index (χ0v) is 16.9. The van der Waals surface area contributed by atoms with E-state index in [1.165, 1.54) is 0 Å². The predicted molar refractivity (Wildman–Crippen MR) is 113 cm³/mol. The van der Waals surface area contributed by atoms with Gasteiger partial charge in [0.2, 0.25) is 0 Å². The van der Waals surface area contributed by atoms with Crippen LogP contribution in [0.15, 0.2) is 30.5 Å². The molecule has 0 saturated heterocycles. The molecule has 3 rings (SSSR count). The highest BCUT2D eigenvalue weighted by atomic mass is 16.5. The number of nitrogens with zero attached hydrogens (tertiary/aromatic N) is 5. The van der Waals surface area contributed by atoms with Crippen molar-refractivity contribution in [1.82, 2.24) is 20.2 Å². The number of hydrogen-bond acceptors (Lipinski definition) is 8. The van der Waals surface area contributed by atoms with E-state index in [1.807, 2.05) is 57.1 Å². The molecule has 0 aliphatic heterocycles. The molecule has 3 N–H and O–H groups in total. The summed E-state index contributed by atoms with van der Waals surface area (Å²) in [7, 11) is 3.83. The second kappa shape index (κ2) is 8.93. The Balaban J connectivity index is 1.66. The maximum Gasteiger partial charge on any atom is 0.152 e. The molecule has 3 aromatic heterocycles. The lowest BCUT2D eigenvalue weighted by Crippen LogP contribution is -2.14. The fourth-order valence-electron chi connectivity index (χ4n) is 2.63. The molecule has 9 nitrogen and oxygen atoms in total. The van der Waals surface area contributed by atoms with E-state index in [9.17, 15) is 5.26 Å². The van der Waals surface area contributed by atoms with Crippen LogP contribution in [0.3, 0.4) is 0 Å². The molecular formula is C20H24N8O. The van der Waals surface area contributed by atoms with E-state index < -0.39 is 0 Å². The number of ether oxygens (including phenoxy) is 1. The highest BCUT2D eigenvalue weighted by Crippen LogP contribution is 2.23. The number of H-pyrrole nitrogens is 1. The highest BCUT2D eigenvalue weighted by molar-refractivity contribution is 5.64. The van der Waals surface area contributed by atoms with Crippen LogP contribution in [-0.4, -0.2) is 47.4 Å². The molecule has 0 spiro atoms. The maximum absolute atomic E-state index is 9.49. The Bertz CT molecular complexity index is 1000. The van der Waals surface area contributed by atoms with E-state index in [1.54, 1.807) is 6.20 Å². The SMILES string of the molecule is Cc1ccc(OCCNc2nc(Nc3cc(N(C)C)n[nH]3)cc(C)c2C#N)cn1. The summed E-state index contributed by atoms with van der Waals surface area (Å²) < 4.78 is 5.67. The minimum atomic E-state index is 0.417. The summed E-state index contributed by atoms with van der Waals surface area (Å²) in [4.78, 5) is 10.6. The average Bonchev–Trinajstić information content (AvgIpc) is 3.15. The first-order valence-corrected chi connectivity index (χ1v) is 9.17. The number of aromatic amines is 1. The lowest BCUT2D eigenvalue weighted by atomic mass is 10.1. The maximum atomic E-state index is 9.49. The summed E-state index contributed by atoms with van der Waals surface area (Å²) in [6, 6.07) is 9.69. The molecule has 0 fully saturated rings. The Morgan fingerprint density at radius 2 is 2.07 bits per heavy atom. The second-order valence-electron chi connectivity index (χ2n) is 6.73. The first kappa shape index (κ1) is 19.9. The fourth-order valence-corrected chi connectivity index (χ4v) is 2.63. The van der Waals surface area contributed by atoms with Crippen LogP contribution >= 0.6 is 0 Å². The van der Waals surface area contributed by atoms with Crippen molar-refractivity contribution in [3.63, 3.8) is 0 Å². The number of anilines is 4. The van der Waals surface area contributed by atoms with Crippen molar-refractivity contribution < 1.29 is 4.74 Å². The molecule has 0 saturated carbocycles. The van der Waals surface area contributed by atoms with Gasteiger partial charge in [-0.05, 0) is 37.6 Å². The topological polar surface area (TPSA) is 115 Å². The predicted octanol–water partition coefficient (Wildman–Crippen LogP) is 2.99. The van der Waals surface area contributed by atoms with Gasteiger partial charge in [0.25, 0.3) is 0 Å². The van der Waals surface area contributed by atoms with Crippen molar-refractivity contribution in [2.24, 2.45) is 0 Å². The summed E-state index contributed by atoms with van der Waals surface area (Å²) in [5.41, 5.74) is 2.27. The van der Waals surface area contributed by atoms with E-state index in [-0.39, 0.29) is 0 Å². The van der Waals surface area contributed by atoms with Gasteiger partial charge in [-0.3, -0.25) is 10.1 Å². The molecule has 0 aromatic carbocycles. The summed E-state index contributed by atoms with van der Waals surface area (Å²) in [5, 5.41) is 23.0. The number of rotatable bonds is 8. The molecule has 0 amide bonds. The molecule has 3 aromatic rings. The van der Waals surface area contributed by atoms with Crippen molar-refractivity contribution in [3.05, 3.63) is 47.3 Å². The first-order chi connectivity index (χ1) is 14.0. The van der Waals surface area contributed by atoms with Gasteiger partial charge in [-0.15, -0.1) is 0 Å². The molecule has 0 aliphatic carbocycles. The quantitative estimate of drug-likeness (QED) is 0.501. The summed E-state index contributed by atoms with van der Waals surface area (Å²) >= 11 is 0. The van der Waals surface area contributed by atoms with Crippen LogP contribution in [0.5, 0.6) is 5.75 Å². The highest BCUT2D eigenvalue weighted by Gasteiger charge is 2.11. The Labute approximate surface area is 169 Å². The molecule has 3 heterocycles. The van der Waals surface area contributed by atoms with Gasteiger partial charge in [0.15, 0.2) is 5.82 Å². The van der Waals surface area contributed by atoms with Crippen molar-refractivity contribution >= 4 is 23.3 Å². The molecule has 9 heteroatoms. The summed E-state index contributed by atoms with van der Waals surface area (Å²) in [5.74, 6) is 3.34. The van der Waals surface area contributed by atoms with Crippen molar-refractivity contribution in [2.45, 2.75) is 13.8 Å². The average molecular weight is 392 g/mol. The van der Waals surface area contributed by atoms with Crippen LogP contribution in [0.25, 0.3) is 0 Å². The molecule has 0 unspecified atom stereocenters. The van der Waals surface area contributed by atoms with Crippen LogP contribution in [-0.2, 0) is 0 Å². The van der Waals surface area contributed by atoms with Gasteiger partial charge >= 0.3 is 0 Å². The van der Waals surface area contributed by atoms with E-state index in [0.717, 1.165) is 17.1 Å². The fraction of sp³-hybridized carbons (Fsp3) is 0.300. The number of pyridine rings is 2. The van der Waals surface area contributed by atoms with Crippen LogP contribution in [0.1, 0.15) is 16.8 Å². The molecule has 0 radical (unpaired) electrons. The van der Waals surface area contributed by atoms with Crippen molar-refractivity contribution in [2.75, 3.05) is 42.8 Å². The molecule has 29 heavy (non-hydrogen) atoms. The largest absolute Gasteiger partial charge is 0.490 e. The second-order valence-corrected chi connectivity index (χ2v) is 6.73. The van der Waals surface area contributed by atoms with Crippen LogP contribution < -0.4 is 20.3 Å². The third kappa shape index (κ3) is 5.13. The molecular weight excluding hydrogens is 368 g/mol. The third-order valence-corrected chi connectivity index (χ3v) is 4.16. The number of hydrogen-bond donors (Lipinski definition) is 3. The standard InChI is InChI=1S/C20H24N8O/c1-13-9-17(24-18-10-19(27-26-18)28(3)4)25-20(16(13)11-21)22-7-8-29-15-6-5-14(2)23-12-15/h5-6,9-10,12H,7-8H2,1-4H3,(H3,22,24,25,26,27). The normalized spacial score (nSPS) is 10.3. The lowest BCUT2D eigenvalue weighted by molar-refractivity contribution is 0.331. The van der Waals surface area contributed by atoms with Crippen LogP contribution in [0.4, 0.5) is 23.3 Å². The van der Waals surface area contributed by atoms with Crippen LogP contribution in [0, 0.1) is 25.2 Å². The Hall–Kier alpha value is -3.80. The van der Waals surface area contributed by atoms with E-state index in [0.29, 0.717) is 41.9 Å². The monoisotopic (exact) mass is 392 g/mol. The number of aromatic nitrogens is 4. The van der Waals surface area contributed by atoms with Gasteiger partial charge < -0.3 is 20.3 Å². The van der Waals surface area contributed by atoms with Gasteiger partial charge in [0, 0.05) is 25.9 Å². The zero-order valence-electron chi connectivity index (χ0n) is 16.9. The smallest absolute Gasteiger partial charge is 0.152 e. The van der Waals surface area contributed by atoms with Gasteiger partial charge in [0.05, 0.1) is 18.3 Å². The third-order valence-electron chi connectivity index (χ3n) is 4.16. The molecule has 0 atom stereocenters. The zero-order chi connectivity index (χ0) is 20.8. The minimum Gasteiger partial charge on any atom is -0.490 e. The van der Waals surface area contributed by atoms with Gasteiger partial charge in [-0.2, -0.15) is 10.4 Å². The van der Waals surface area contributed by atoms with E-state index in [4.69, 9.17) is 4.74 Å². The van der Waals surface area contributed by atoms with Crippen molar-refractivity contribution in [1.29, 1.82) is 5.26 Å². The van der Waals surface area contributed by atoms with E-state index >= 15 is 0 Å². The Kier molecular flexibility index (Phi) is 6.14. The summed E-state index contributed by atoms with van der Waals surface area (Å²) in [6.45, 7) is 4.71. The number of nitrogens with one attached hydrogen (secondary N) is 3. The Morgan fingerprint density at radius 1 is 1.24 bits per heavy atom. The molecule has 150 valence electrons. The first-order valence-electron chi connectivity index (χ1n) is 9.17. The van der Waals surface area contributed by atoms with Crippen LogP contribution in [0.2, 0.25) is 0 Å². The van der Waals surface area contributed by atoms with E-state index in [2.05, 4.69) is 36.9 Å². The minimum absolute atomic E-state index is 0.417. The van der Waals surface area contributed by atoms with Gasteiger partial charge in [-0.25, -0.2) is 4.98 Å². The molecule has 0 bridgehead atoms. The summed E-state index contributed by atoms with van der Waals surface area (Å²) in [6.07, 6.45) is 1.69. The molecule has 0 aliphatic rings. The number of aryl methyl sites for hydroxylation is 2. The lowest BCUT2D eigenvalue weighted by Gasteiger charge is -2.13. The number of nitriles is 1. The van der Waals surface area contributed by atoms with Gasteiger partial charge in [0.1, 0.15) is 35.9 Å².